The zero-order valence-corrected chi connectivity index (χ0v) is 18.5. The SMILES string of the molecule is CC(C)CCNC(=O)C(CCC(=O)O)NC(=O)OCC1c2ccccc2-c2ccccc21. The Morgan fingerprint density at radius 2 is 1.56 bits per heavy atom. The molecule has 2 aromatic rings. The number of nitrogens with one attached hydrogen (secondary N) is 2. The quantitative estimate of drug-likeness (QED) is 0.521. The Morgan fingerprint density at radius 3 is 2.12 bits per heavy atom. The molecule has 170 valence electrons. The first-order valence-electron chi connectivity index (χ1n) is 11.0. The Kier molecular flexibility index (Phi) is 7.87. The van der Waals surface area contributed by atoms with Gasteiger partial charge in [-0.25, -0.2) is 4.79 Å². The number of carboxylic acids is 1. The van der Waals surface area contributed by atoms with Crippen LogP contribution in [0.4, 0.5) is 4.79 Å². The summed E-state index contributed by atoms with van der Waals surface area (Å²) in [5.41, 5.74) is 4.44. The highest BCUT2D eigenvalue weighted by Crippen LogP contribution is 2.44. The predicted octanol–water partition coefficient (Wildman–Crippen LogP) is 3.92. The van der Waals surface area contributed by atoms with Gasteiger partial charge in [0.05, 0.1) is 0 Å². The van der Waals surface area contributed by atoms with Crippen LogP contribution in [0, 0.1) is 5.92 Å². The van der Waals surface area contributed by atoms with Gasteiger partial charge in [0, 0.05) is 18.9 Å². The van der Waals surface area contributed by atoms with Crippen LogP contribution in [0.15, 0.2) is 48.5 Å². The van der Waals surface area contributed by atoms with E-state index in [9.17, 15) is 14.4 Å². The summed E-state index contributed by atoms with van der Waals surface area (Å²) < 4.78 is 5.49. The van der Waals surface area contributed by atoms with E-state index in [1.807, 2.05) is 50.2 Å². The van der Waals surface area contributed by atoms with Gasteiger partial charge in [-0.2, -0.15) is 0 Å². The Balaban J connectivity index is 1.62. The number of carboxylic acid groups (broad SMARTS) is 1. The molecule has 0 spiro atoms. The molecule has 0 fully saturated rings. The zero-order valence-electron chi connectivity index (χ0n) is 18.5. The maximum absolute atomic E-state index is 12.5. The normalized spacial score (nSPS) is 13.2. The van der Waals surface area contributed by atoms with E-state index in [4.69, 9.17) is 9.84 Å². The third kappa shape index (κ3) is 5.87. The number of hydrogen-bond acceptors (Lipinski definition) is 4. The minimum atomic E-state index is -1.03. The molecule has 0 heterocycles. The third-order valence-corrected chi connectivity index (χ3v) is 5.62. The number of rotatable bonds is 10. The maximum Gasteiger partial charge on any atom is 0.407 e. The van der Waals surface area contributed by atoms with E-state index < -0.39 is 24.0 Å². The molecule has 0 bridgehead atoms. The molecule has 0 radical (unpaired) electrons. The third-order valence-electron chi connectivity index (χ3n) is 5.62. The summed E-state index contributed by atoms with van der Waals surface area (Å²) in [5, 5.41) is 14.3. The highest BCUT2D eigenvalue weighted by Gasteiger charge is 2.29. The fourth-order valence-electron chi connectivity index (χ4n) is 3.93. The van der Waals surface area contributed by atoms with Crippen LogP contribution in [0.25, 0.3) is 11.1 Å². The first-order valence-corrected chi connectivity index (χ1v) is 11.0. The predicted molar refractivity (Wildman–Crippen MR) is 121 cm³/mol. The van der Waals surface area contributed by atoms with Gasteiger partial charge in [0.1, 0.15) is 12.6 Å². The lowest BCUT2D eigenvalue weighted by Crippen LogP contribution is -2.47. The van der Waals surface area contributed by atoms with Crippen molar-refractivity contribution in [2.45, 2.75) is 45.1 Å². The Hall–Kier alpha value is -3.35. The standard InChI is InChI=1S/C25H30N2O5/c1-16(2)13-14-26-24(30)22(11-12-23(28)29)27-25(31)32-15-21-19-9-5-3-7-17(19)18-8-4-6-10-20(18)21/h3-10,16,21-22H,11-15H2,1-2H3,(H,26,30)(H,27,31)(H,28,29). The number of aliphatic carboxylic acids is 1. The highest BCUT2D eigenvalue weighted by atomic mass is 16.5. The average molecular weight is 439 g/mol. The van der Waals surface area contributed by atoms with Gasteiger partial charge in [-0.3, -0.25) is 9.59 Å². The van der Waals surface area contributed by atoms with E-state index >= 15 is 0 Å². The summed E-state index contributed by atoms with van der Waals surface area (Å²) in [7, 11) is 0. The van der Waals surface area contributed by atoms with E-state index in [1.54, 1.807) is 0 Å². The van der Waals surface area contributed by atoms with E-state index in [2.05, 4.69) is 22.8 Å². The summed E-state index contributed by atoms with van der Waals surface area (Å²) in [6, 6.07) is 15.1. The van der Waals surface area contributed by atoms with Crippen LogP contribution in [0.2, 0.25) is 0 Å². The Labute approximate surface area is 188 Å². The van der Waals surface area contributed by atoms with Crippen LogP contribution in [-0.4, -0.2) is 42.3 Å². The molecule has 0 saturated heterocycles. The minimum absolute atomic E-state index is 0.00690. The number of carbonyl (C=O) groups excluding carboxylic acids is 2. The second kappa shape index (κ2) is 10.8. The minimum Gasteiger partial charge on any atom is -0.481 e. The number of carbonyl (C=O) groups is 3. The first kappa shape index (κ1) is 23.3. The van der Waals surface area contributed by atoms with Gasteiger partial charge < -0.3 is 20.5 Å². The summed E-state index contributed by atoms with van der Waals surface area (Å²) in [6.07, 6.45) is -0.178. The number of alkyl carbamates (subject to hydrolysis) is 1. The van der Waals surface area contributed by atoms with Gasteiger partial charge in [0.25, 0.3) is 0 Å². The molecule has 3 rings (SSSR count). The zero-order chi connectivity index (χ0) is 23.1. The topological polar surface area (TPSA) is 105 Å². The monoisotopic (exact) mass is 438 g/mol. The van der Waals surface area contributed by atoms with Crippen LogP contribution in [-0.2, 0) is 14.3 Å². The number of amides is 2. The molecule has 1 aliphatic rings. The molecule has 7 heteroatoms. The summed E-state index contributed by atoms with van der Waals surface area (Å²) in [6.45, 7) is 4.68. The maximum atomic E-state index is 12.5. The lowest BCUT2D eigenvalue weighted by atomic mass is 9.98. The van der Waals surface area contributed by atoms with Crippen molar-refractivity contribution in [2.75, 3.05) is 13.2 Å². The van der Waals surface area contributed by atoms with Crippen LogP contribution in [0.3, 0.4) is 0 Å². The van der Waals surface area contributed by atoms with Gasteiger partial charge in [-0.05, 0) is 41.0 Å². The van der Waals surface area contributed by atoms with Gasteiger partial charge in [0.2, 0.25) is 5.91 Å². The molecule has 2 aromatic carbocycles. The van der Waals surface area contributed by atoms with Crippen LogP contribution >= 0.6 is 0 Å². The molecule has 0 aromatic heterocycles. The van der Waals surface area contributed by atoms with Crippen molar-refractivity contribution >= 4 is 18.0 Å². The number of fused-ring (bicyclic) bond motifs is 3. The van der Waals surface area contributed by atoms with Gasteiger partial charge in [-0.1, -0.05) is 62.4 Å². The second-order valence-corrected chi connectivity index (χ2v) is 8.43. The fourth-order valence-corrected chi connectivity index (χ4v) is 3.93. The second-order valence-electron chi connectivity index (χ2n) is 8.43. The lowest BCUT2D eigenvalue weighted by molar-refractivity contribution is -0.137. The summed E-state index contributed by atoms with van der Waals surface area (Å²) in [5.74, 6) is -1.10. The summed E-state index contributed by atoms with van der Waals surface area (Å²) >= 11 is 0. The molecule has 3 N–H and O–H groups in total. The number of benzene rings is 2. The number of hydrogen-bond donors (Lipinski definition) is 3. The van der Waals surface area contributed by atoms with Gasteiger partial charge >= 0.3 is 12.1 Å². The van der Waals surface area contributed by atoms with Crippen molar-refractivity contribution in [1.82, 2.24) is 10.6 Å². The van der Waals surface area contributed by atoms with Crippen LogP contribution in [0.5, 0.6) is 0 Å². The molecule has 7 nitrogen and oxygen atoms in total. The first-order chi connectivity index (χ1) is 15.4. The van der Waals surface area contributed by atoms with Crippen molar-refractivity contribution < 1.29 is 24.2 Å². The Bertz CT molecular complexity index is 927. The molecule has 1 unspecified atom stereocenters. The van der Waals surface area contributed by atoms with Gasteiger partial charge in [-0.15, -0.1) is 0 Å². The van der Waals surface area contributed by atoms with Crippen LogP contribution in [0.1, 0.15) is 50.2 Å². The fraction of sp³-hybridized carbons (Fsp3) is 0.400. The lowest BCUT2D eigenvalue weighted by Gasteiger charge is -2.19. The Morgan fingerprint density at radius 1 is 0.969 bits per heavy atom. The molecule has 0 saturated carbocycles. The van der Waals surface area contributed by atoms with Crippen molar-refractivity contribution in [3.63, 3.8) is 0 Å². The van der Waals surface area contributed by atoms with Crippen molar-refractivity contribution in [3.05, 3.63) is 59.7 Å². The average Bonchev–Trinajstić information content (AvgIpc) is 3.08. The summed E-state index contributed by atoms with van der Waals surface area (Å²) in [4.78, 5) is 36.0. The molecule has 32 heavy (non-hydrogen) atoms. The smallest absolute Gasteiger partial charge is 0.407 e. The van der Waals surface area contributed by atoms with E-state index in [0.717, 1.165) is 28.7 Å². The molecule has 2 amide bonds. The number of ether oxygens (including phenoxy) is 1. The van der Waals surface area contributed by atoms with Crippen molar-refractivity contribution in [2.24, 2.45) is 5.92 Å². The molecule has 1 atom stereocenters. The van der Waals surface area contributed by atoms with Crippen molar-refractivity contribution in [1.29, 1.82) is 0 Å². The van der Waals surface area contributed by atoms with E-state index in [1.165, 1.54) is 0 Å². The van der Waals surface area contributed by atoms with Crippen molar-refractivity contribution in [3.8, 4) is 11.1 Å². The molecule has 0 aliphatic heterocycles. The highest BCUT2D eigenvalue weighted by molar-refractivity contribution is 5.86. The van der Waals surface area contributed by atoms with E-state index in [-0.39, 0.29) is 25.4 Å². The molecular formula is C25H30N2O5. The molecular weight excluding hydrogens is 408 g/mol. The van der Waals surface area contributed by atoms with Crippen LogP contribution < -0.4 is 10.6 Å². The van der Waals surface area contributed by atoms with Gasteiger partial charge in [0.15, 0.2) is 0 Å². The van der Waals surface area contributed by atoms with E-state index in [0.29, 0.717) is 12.5 Å². The largest absolute Gasteiger partial charge is 0.481 e. The molecule has 1 aliphatic carbocycles.